The fourth-order valence-corrected chi connectivity index (χ4v) is 3.17. The van der Waals surface area contributed by atoms with E-state index >= 15 is 0 Å². The standard InChI is InChI=1S/C21H16BrN3O3/c1-2-27-19-9-15(22)8-14(20(19)26)12-24-16-5-6-18-17(10-16)25-21(28-18)13-4-3-7-23-11-13/h3-12,26H,2H2,1H3. The zero-order valence-electron chi connectivity index (χ0n) is 15.0. The minimum atomic E-state index is 0.0511. The number of pyridine rings is 1. The van der Waals surface area contributed by atoms with Crippen LogP contribution in [0.3, 0.4) is 0 Å². The van der Waals surface area contributed by atoms with Gasteiger partial charge in [0.05, 0.1) is 17.9 Å². The quantitative estimate of drug-likeness (QED) is 0.416. The molecule has 0 saturated carbocycles. The second-order valence-corrected chi connectivity index (χ2v) is 6.86. The van der Waals surface area contributed by atoms with Gasteiger partial charge in [-0.2, -0.15) is 0 Å². The number of aromatic hydroxyl groups is 1. The first-order valence-corrected chi connectivity index (χ1v) is 9.43. The van der Waals surface area contributed by atoms with Crippen LogP contribution in [0.4, 0.5) is 5.69 Å². The molecule has 0 spiro atoms. The van der Waals surface area contributed by atoms with Crippen LogP contribution in [0.25, 0.3) is 22.6 Å². The number of ether oxygens (including phenoxy) is 1. The molecule has 0 aliphatic heterocycles. The van der Waals surface area contributed by atoms with E-state index < -0.39 is 0 Å². The van der Waals surface area contributed by atoms with E-state index in [2.05, 4.69) is 30.9 Å². The van der Waals surface area contributed by atoms with Crippen molar-refractivity contribution in [2.75, 3.05) is 6.61 Å². The van der Waals surface area contributed by atoms with Gasteiger partial charge in [-0.15, -0.1) is 0 Å². The topological polar surface area (TPSA) is 80.7 Å². The first kappa shape index (κ1) is 18.2. The number of rotatable bonds is 5. The van der Waals surface area contributed by atoms with Crippen molar-refractivity contribution in [2.45, 2.75) is 6.92 Å². The molecule has 0 radical (unpaired) electrons. The fourth-order valence-electron chi connectivity index (χ4n) is 2.71. The van der Waals surface area contributed by atoms with Gasteiger partial charge in [0.15, 0.2) is 17.1 Å². The summed E-state index contributed by atoms with van der Waals surface area (Å²) in [6.45, 7) is 2.32. The number of halogens is 1. The van der Waals surface area contributed by atoms with Crippen molar-refractivity contribution in [3.63, 3.8) is 0 Å². The van der Waals surface area contributed by atoms with Crippen molar-refractivity contribution in [3.8, 4) is 23.0 Å². The van der Waals surface area contributed by atoms with E-state index in [9.17, 15) is 5.11 Å². The summed E-state index contributed by atoms with van der Waals surface area (Å²) in [6, 6.07) is 12.7. The molecule has 1 N–H and O–H groups in total. The third-order valence-corrected chi connectivity index (χ3v) is 4.46. The number of fused-ring (bicyclic) bond motifs is 1. The molecule has 0 atom stereocenters. The van der Waals surface area contributed by atoms with Crippen LogP contribution in [0.15, 0.2) is 68.7 Å². The molecule has 2 aromatic carbocycles. The third-order valence-electron chi connectivity index (χ3n) is 4.00. The SMILES string of the molecule is CCOc1cc(Br)cc(C=Nc2ccc3oc(-c4cccnc4)nc3c2)c1O. The van der Waals surface area contributed by atoms with Crippen LogP contribution in [-0.4, -0.2) is 27.9 Å². The minimum Gasteiger partial charge on any atom is -0.504 e. The second-order valence-electron chi connectivity index (χ2n) is 5.95. The van der Waals surface area contributed by atoms with Crippen LogP contribution in [0.5, 0.6) is 11.5 Å². The lowest BCUT2D eigenvalue weighted by Gasteiger charge is -2.08. The number of phenolic OH excluding ortho intramolecular Hbond substituents is 1. The molecule has 7 heteroatoms. The second kappa shape index (κ2) is 7.82. The number of phenols is 1. The van der Waals surface area contributed by atoms with Crippen molar-refractivity contribution in [3.05, 3.63) is 64.9 Å². The summed E-state index contributed by atoms with van der Waals surface area (Å²) in [6.07, 6.45) is 4.99. The Morgan fingerprint density at radius 2 is 2.14 bits per heavy atom. The van der Waals surface area contributed by atoms with E-state index in [1.54, 1.807) is 30.7 Å². The Balaban J connectivity index is 1.65. The summed E-state index contributed by atoms with van der Waals surface area (Å²) >= 11 is 3.42. The van der Waals surface area contributed by atoms with Gasteiger partial charge in [0, 0.05) is 28.6 Å². The van der Waals surface area contributed by atoms with Gasteiger partial charge in [-0.1, -0.05) is 15.9 Å². The Morgan fingerprint density at radius 3 is 2.93 bits per heavy atom. The molecule has 4 aromatic rings. The minimum absolute atomic E-state index is 0.0511. The first-order chi connectivity index (χ1) is 13.6. The largest absolute Gasteiger partial charge is 0.504 e. The van der Waals surface area contributed by atoms with E-state index in [4.69, 9.17) is 9.15 Å². The number of hydrogen-bond donors (Lipinski definition) is 1. The molecule has 0 bridgehead atoms. The van der Waals surface area contributed by atoms with E-state index in [0.29, 0.717) is 40.6 Å². The van der Waals surface area contributed by atoms with Gasteiger partial charge in [-0.3, -0.25) is 9.98 Å². The number of nitrogens with zero attached hydrogens (tertiary/aromatic N) is 3. The lowest BCUT2D eigenvalue weighted by molar-refractivity contribution is 0.317. The van der Waals surface area contributed by atoms with Gasteiger partial charge in [0.1, 0.15) is 5.52 Å². The molecule has 0 aliphatic carbocycles. The fraction of sp³-hybridized carbons (Fsp3) is 0.0952. The smallest absolute Gasteiger partial charge is 0.228 e. The molecule has 28 heavy (non-hydrogen) atoms. The van der Waals surface area contributed by atoms with Crippen LogP contribution in [0.1, 0.15) is 12.5 Å². The maximum Gasteiger partial charge on any atom is 0.228 e. The van der Waals surface area contributed by atoms with E-state index in [1.807, 2.05) is 37.3 Å². The van der Waals surface area contributed by atoms with Crippen molar-refractivity contribution in [2.24, 2.45) is 4.99 Å². The molecule has 6 nitrogen and oxygen atoms in total. The van der Waals surface area contributed by atoms with Crippen molar-refractivity contribution >= 4 is 38.9 Å². The molecule has 2 heterocycles. The van der Waals surface area contributed by atoms with Crippen molar-refractivity contribution in [1.29, 1.82) is 0 Å². The van der Waals surface area contributed by atoms with Crippen molar-refractivity contribution in [1.82, 2.24) is 9.97 Å². The van der Waals surface area contributed by atoms with Crippen LogP contribution >= 0.6 is 15.9 Å². The number of aromatic nitrogens is 2. The predicted octanol–water partition coefficient (Wildman–Crippen LogP) is 5.51. The van der Waals surface area contributed by atoms with Gasteiger partial charge in [-0.05, 0) is 49.4 Å². The van der Waals surface area contributed by atoms with Crippen molar-refractivity contribution < 1.29 is 14.3 Å². The molecule has 0 fully saturated rings. The maximum atomic E-state index is 10.4. The first-order valence-electron chi connectivity index (χ1n) is 8.64. The molecule has 0 aliphatic rings. The van der Waals surface area contributed by atoms with E-state index in [1.165, 1.54) is 0 Å². The molecule has 0 unspecified atom stereocenters. The molecular weight excluding hydrogens is 422 g/mol. The highest BCUT2D eigenvalue weighted by Gasteiger charge is 2.10. The highest BCUT2D eigenvalue weighted by molar-refractivity contribution is 9.10. The Kier molecular flexibility index (Phi) is 5.08. The third kappa shape index (κ3) is 3.75. The maximum absolute atomic E-state index is 10.4. The predicted molar refractivity (Wildman–Crippen MR) is 111 cm³/mol. The molecule has 2 aromatic heterocycles. The molecule has 140 valence electrons. The van der Waals surface area contributed by atoms with Crippen LogP contribution in [-0.2, 0) is 0 Å². The summed E-state index contributed by atoms with van der Waals surface area (Å²) in [5.41, 5.74) is 3.42. The average Bonchev–Trinajstić information content (AvgIpc) is 3.13. The average molecular weight is 438 g/mol. The van der Waals surface area contributed by atoms with Crippen LogP contribution in [0.2, 0.25) is 0 Å². The zero-order valence-corrected chi connectivity index (χ0v) is 16.5. The van der Waals surface area contributed by atoms with Gasteiger partial charge in [0.25, 0.3) is 0 Å². The van der Waals surface area contributed by atoms with Crippen LogP contribution < -0.4 is 4.74 Å². The number of aliphatic imine (C=N–C) groups is 1. The van der Waals surface area contributed by atoms with E-state index in [0.717, 1.165) is 10.0 Å². The molecule has 0 amide bonds. The van der Waals surface area contributed by atoms with Gasteiger partial charge < -0.3 is 14.3 Å². The highest BCUT2D eigenvalue weighted by Crippen LogP contribution is 2.33. The summed E-state index contributed by atoms with van der Waals surface area (Å²) in [5.74, 6) is 0.969. The monoisotopic (exact) mass is 437 g/mol. The van der Waals surface area contributed by atoms with Crippen LogP contribution in [0, 0.1) is 0 Å². The van der Waals surface area contributed by atoms with Gasteiger partial charge in [0.2, 0.25) is 5.89 Å². The molecule has 4 rings (SSSR count). The normalized spacial score (nSPS) is 11.4. The van der Waals surface area contributed by atoms with Gasteiger partial charge in [-0.25, -0.2) is 4.98 Å². The Labute approximate surface area is 169 Å². The Morgan fingerprint density at radius 1 is 1.25 bits per heavy atom. The zero-order chi connectivity index (χ0) is 19.5. The molecule has 0 saturated heterocycles. The lowest BCUT2D eigenvalue weighted by atomic mass is 10.2. The Hall–Kier alpha value is -3.19. The van der Waals surface area contributed by atoms with E-state index in [-0.39, 0.29) is 5.75 Å². The summed E-state index contributed by atoms with van der Waals surface area (Å²) in [4.78, 5) is 13.1. The lowest BCUT2D eigenvalue weighted by Crippen LogP contribution is -1.94. The Bertz CT molecular complexity index is 1160. The summed E-state index contributed by atoms with van der Waals surface area (Å²) in [7, 11) is 0. The van der Waals surface area contributed by atoms with Gasteiger partial charge >= 0.3 is 0 Å². The summed E-state index contributed by atoms with van der Waals surface area (Å²) < 4.78 is 12.0. The highest BCUT2D eigenvalue weighted by atomic mass is 79.9. The summed E-state index contributed by atoms with van der Waals surface area (Å²) in [5, 5.41) is 10.4. The molecular formula is C21H16BrN3O3. The number of hydrogen-bond acceptors (Lipinski definition) is 6. The number of benzene rings is 2. The number of oxazole rings is 1.